The predicted octanol–water partition coefficient (Wildman–Crippen LogP) is 3.53. The summed E-state index contributed by atoms with van der Waals surface area (Å²) in [5, 5.41) is 6.36. The van der Waals surface area contributed by atoms with Crippen LogP contribution in [0.2, 0.25) is 0 Å². The first-order valence-electron chi connectivity index (χ1n) is 7.17. The summed E-state index contributed by atoms with van der Waals surface area (Å²) in [5.41, 5.74) is 1.85. The Bertz CT molecular complexity index is 613. The molecular weight excluding hydrogens is 267 g/mol. The lowest BCUT2D eigenvalue weighted by molar-refractivity contribution is 0.626. The lowest BCUT2D eigenvalue weighted by Gasteiger charge is -2.13. The van der Waals surface area contributed by atoms with Gasteiger partial charge in [-0.15, -0.1) is 0 Å². The molecule has 0 bridgehead atoms. The second kappa shape index (κ2) is 7.02. The van der Waals surface area contributed by atoms with Crippen LogP contribution < -0.4 is 10.6 Å². The van der Waals surface area contributed by atoms with Crippen LogP contribution in [0.5, 0.6) is 0 Å². The van der Waals surface area contributed by atoms with E-state index in [1.807, 2.05) is 20.0 Å². The van der Waals surface area contributed by atoms with Gasteiger partial charge in [0.2, 0.25) is 0 Å². The van der Waals surface area contributed by atoms with Crippen molar-refractivity contribution in [3.05, 3.63) is 47.0 Å². The van der Waals surface area contributed by atoms with Crippen molar-refractivity contribution in [1.82, 2.24) is 9.97 Å². The summed E-state index contributed by atoms with van der Waals surface area (Å²) in [6.07, 6.45) is 1.83. The van der Waals surface area contributed by atoms with Crippen LogP contribution in [-0.4, -0.2) is 17.0 Å². The zero-order valence-corrected chi connectivity index (χ0v) is 12.7. The summed E-state index contributed by atoms with van der Waals surface area (Å²) in [6.45, 7) is 4.60. The number of halogens is 1. The highest BCUT2D eigenvalue weighted by molar-refractivity contribution is 5.57. The number of nitrogens with zero attached hydrogens (tertiary/aromatic N) is 2. The highest BCUT2D eigenvalue weighted by Crippen LogP contribution is 2.20. The second-order valence-corrected chi connectivity index (χ2v) is 4.95. The molecule has 0 unspecified atom stereocenters. The summed E-state index contributed by atoms with van der Waals surface area (Å²) in [5.74, 6) is 2.21. The average molecular weight is 288 g/mol. The van der Waals surface area contributed by atoms with E-state index in [1.54, 1.807) is 6.07 Å². The molecule has 0 saturated carbocycles. The average Bonchev–Trinajstić information content (AvgIpc) is 2.48. The predicted molar refractivity (Wildman–Crippen MR) is 84.0 cm³/mol. The number of aryl methyl sites for hydroxylation is 1. The molecule has 0 fully saturated rings. The third kappa shape index (κ3) is 3.90. The fourth-order valence-corrected chi connectivity index (χ4v) is 2.15. The van der Waals surface area contributed by atoms with Crippen molar-refractivity contribution in [2.24, 2.45) is 0 Å². The summed E-state index contributed by atoms with van der Waals surface area (Å²) < 4.78 is 13.2. The second-order valence-electron chi connectivity index (χ2n) is 4.95. The number of rotatable bonds is 6. The molecule has 112 valence electrons. The summed E-state index contributed by atoms with van der Waals surface area (Å²) >= 11 is 0. The Balaban J connectivity index is 2.20. The van der Waals surface area contributed by atoms with E-state index in [0.717, 1.165) is 41.4 Å². The van der Waals surface area contributed by atoms with Crippen LogP contribution in [0.25, 0.3) is 0 Å². The van der Waals surface area contributed by atoms with E-state index in [2.05, 4.69) is 27.5 Å². The number of nitrogens with one attached hydrogen (secondary N) is 2. The van der Waals surface area contributed by atoms with Crippen LogP contribution in [-0.2, 0) is 13.0 Å². The van der Waals surface area contributed by atoms with Gasteiger partial charge in [-0.1, -0.05) is 19.1 Å². The SMILES string of the molecule is CCCc1nc(NC)c(C)c(NCc2cccc(F)c2)n1. The molecule has 0 spiro atoms. The number of benzene rings is 1. The third-order valence-corrected chi connectivity index (χ3v) is 3.25. The van der Waals surface area contributed by atoms with Gasteiger partial charge in [0.05, 0.1) is 0 Å². The fourth-order valence-electron chi connectivity index (χ4n) is 2.15. The minimum atomic E-state index is -0.226. The maximum absolute atomic E-state index is 13.2. The lowest BCUT2D eigenvalue weighted by Crippen LogP contribution is -2.09. The molecule has 0 aliphatic heterocycles. The van der Waals surface area contributed by atoms with Crippen molar-refractivity contribution in [2.45, 2.75) is 33.2 Å². The molecule has 0 saturated heterocycles. The van der Waals surface area contributed by atoms with E-state index in [4.69, 9.17) is 0 Å². The Labute approximate surface area is 124 Å². The molecule has 2 aromatic rings. The first-order valence-corrected chi connectivity index (χ1v) is 7.17. The maximum Gasteiger partial charge on any atom is 0.135 e. The van der Waals surface area contributed by atoms with Crippen LogP contribution in [0.15, 0.2) is 24.3 Å². The van der Waals surface area contributed by atoms with Crippen LogP contribution in [0.1, 0.15) is 30.3 Å². The Morgan fingerprint density at radius 2 is 1.95 bits per heavy atom. The molecule has 1 aromatic heterocycles. The van der Waals surface area contributed by atoms with Crippen molar-refractivity contribution in [1.29, 1.82) is 0 Å². The normalized spacial score (nSPS) is 10.5. The smallest absolute Gasteiger partial charge is 0.135 e. The van der Waals surface area contributed by atoms with E-state index < -0.39 is 0 Å². The minimum Gasteiger partial charge on any atom is -0.373 e. The zero-order chi connectivity index (χ0) is 15.2. The topological polar surface area (TPSA) is 49.8 Å². The number of hydrogen-bond acceptors (Lipinski definition) is 4. The van der Waals surface area contributed by atoms with Gasteiger partial charge in [0.15, 0.2) is 0 Å². The molecule has 21 heavy (non-hydrogen) atoms. The van der Waals surface area contributed by atoms with Gasteiger partial charge in [0, 0.05) is 25.6 Å². The van der Waals surface area contributed by atoms with Crippen molar-refractivity contribution in [3.63, 3.8) is 0 Å². The molecule has 0 aliphatic rings. The van der Waals surface area contributed by atoms with Crippen LogP contribution in [0, 0.1) is 12.7 Å². The van der Waals surface area contributed by atoms with E-state index in [0.29, 0.717) is 6.54 Å². The van der Waals surface area contributed by atoms with Gasteiger partial charge in [-0.05, 0) is 31.0 Å². The Kier molecular flexibility index (Phi) is 5.09. The molecule has 1 aromatic carbocycles. The molecule has 0 aliphatic carbocycles. The third-order valence-electron chi connectivity index (χ3n) is 3.25. The van der Waals surface area contributed by atoms with Gasteiger partial charge < -0.3 is 10.6 Å². The molecule has 2 rings (SSSR count). The quantitative estimate of drug-likeness (QED) is 0.853. The van der Waals surface area contributed by atoms with Crippen molar-refractivity contribution in [3.8, 4) is 0 Å². The van der Waals surface area contributed by atoms with Crippen LogP contribution >= 0.6 is 0 Å². The van der Waals surface area contributed by atoms with Crippen molar-refractivity contribution < 1.29 is 4.39 Å². The minimum absolute atomic E-state index is 0.226. The van der Waals surface area contributed by atoms with E-state index >= 15 is 0 Å². The van der Waals surface area contributed by atoms with Gasteiger partial charge in [0.1, 0.15) is 23.3 Å². The maximum atomic E-state index is 13.2. The van der Waals surface area contributed by atoms with E-state index in [9.17, 15) is 4.39 Å². The Morgan fingerprint density at radius 1 is 1.19 bits per heavy atom. The molecular formula is C16H21FN4. The highest BCUT2D eigenvalue weighted by atomic mass is 19.1. The van der Waals surface area contributed by atoms with E-state index in [1.165, 1.54) is 12.1 Å². The number of aromatic nitrogens is 2. The van der Waals surface area contributed by atoms with Gasteiger partial charge in [0.25, 0.3) is 0 Å². The molecule has 0 atom stereocenters. The molecule has 5 heteroatoms. The summed E-state index contributed by atoms with van der Waals surface area (Å²) in [6, 6.07) is 6.56. The highest BCUT2D eigenvalue weighted by Gasteiger charge is 2.09. The molecule has 2 N–H and O–H groups in total. The van der Waals surface area contributed by atoms with Gasteiger partial charge >= 0.3 is 0 Å². The van der Waals surface area contributed by atoms with E-state index in [-0.39, 0.29) is 5.82 Å². The number of anilines is 2. The van der Waals surface area contributed by atoms with Crippen molar-refractivity contribution >= 4 is 11.6 Å². The van der Waals surface area contributed by atoms with Gasteiger partial charge in [-0.25, -0.2) is 14.4 Å². The summed E-state index contributed by atoms with van der Waals surface area (Å²) in [4.78, 5) is 9.04. The molecule has 4 nitrogen and oxygen atoms in total. The molecule has 0 radical (unpaired) electrons. The molecule has 0 amide bonds. The fraction of sp³-hybridized carbons (Fsp3) is 0.375. The standard InChI is InChI=1S/C16H21FN4/c1-4-6-14-20-15(18-3)11(2)16(21-14)19-10-12-7-5-8-13(17)9-12/h5,7-9H,4,6,10H2,1-3H3,(H2,18,19,20,21). The molecule has 1 heterocycles. The van der Waals surface area contributed by atoms with Gasteiger partial charge in [-0.3, -0.25) is 0 Å². The zero-order valence-electron chi connectivity index (χ0n) is 12.7. The summed E-state index contributed by atoms with van der Waals surface area (Å²) in [7, 11) is 1.85. The number of hydrogen-bond donors (Lipinski definition) is 2. The first kappa shape index (κ1) is 15.2. The van der Waals surface area contributed by atoms with Gasteiger partial charge in [-0.2, -0.15) is 0 Å². The Hall–Kier alpha value is -2.17. The Morgan fingerprint density at radius 3 is 2.62 bits per heavy atom. The van der Waals surface area contributed by atoms with Crippen LogP contribution in [0.3, 0.4) is 0 Å². The first-order chi connectivity index (χ1) is 10.1. The monoisotopic (exact) mass is 288 g/mol. The lowest BCUT2D eigenvalue weighted by atomic mass is 10.2. The largest absolute Gasteiger partial charge is 0.373 e. The van der Waals surface area contributed by atoms with Crippen LogP contribution in [0.4, 0.5) is 16.0 Å². The van der Waals surface area contributed by atoms with Crippen molar-refractivity contribution in [2.75, 3.05) is 17.7 Å².